The second kappa shape index (κ2) is 26.7. The number of hydrogen-bond donors (Lipinski definition) is 1. The minimum atomic E-state index is -0.601. The maximum Gasteiger partial charge on any atom is 0.246 e. The summed E-state index contributed by atoms with van der Waals surface area (Å²) in [6.07, 6.45) is 26.2. The highest BCUT2D eigenvalue weighted by Gasteiger charge is 2.44. The fourth-order valence-electron chi connectivity index (χ4n) is 5.68. The second-order valence-corrected chi connectivity index (χ2v) is 13.0. The van der Waals surface area contributed by atoms with Crippen molar-refractivity contribution >= 4 is 13.8 Å². The van der Waals surface area contributed by atoms with Gasteiger partial charge in [-0.15, -0.1) is 0 Å². The van der Waals surface area contributed by atoms with Gasteiger partial charge in [0.15, 0.2) is 0 Å². The van der Waals surface area contributed by atoms with Crippen molar-refractivity contribution in [1.29, 1.82) is 0 Å². The maximum atomic E-state index is 12.4. The molecule has 7 heteroatoms. The molecule has 6 nitrogen and oxygen atoms in total. The van der Waals surface area contributed by atoms with E-state index in [1.165, 1.54) is 116 Å². The van der Waals surface area contributed by atoms with E-state index in [1.54, 1.807) is 0 Å². The Morgan fingerprint density at radius 2 is 1.14 bits per heavy atom. The number of rotatable bonds is 29. The van der Waals surface area contributed by atoms with E-state index in [4.69, 9.17) is 26.8 Å². The minimum Gasteiger partial charge on any atom is -0.377 e. The van der Waals surface area contributed by atoms with E-state index in [0.717, 1.165) is 12.8 Å². The van der Waals surface area contributed by atoms with Crippen molar-refractivity contribution < 1.29 is 23.7 Å². The standard InChI is InChI=1S/C35H68BNO5/c1-6-7-8-9-10-11-12-13-14-15-16-17-18-19-20-21-22-23-24-25-26-37-32(38)28-40-33-31(27-39-29(2)3)42-35(36)34(33)41-30(4)5/h29-31,33-35H,6-28H2,1-5H3,(H,37,38). The highest BCUT2D eigenvalue weighted by Crippen LogP contribution is 2.27. The smallest absolute Gasteiger partial charge is 0.246 e. The van der Waals surface area contributed by atoms with Gasteiger partial charge in [-0.2, -0.15) is 0 Å². The molecule has 0 aromatic carbocycles. The van der Waals surface area contributed by atoms with E-state index in [9.17, 15) is 4.79 Å². The van der Waals surface area contributed by atoms with Crippen LogP contribution in [-0.4, -0.2) is 70.0 Å². The van der Waals surface area contributed by atoms with Crippen molar-refractivity contribution in [2.24, 2.45) is 0 Å². The third-order valence-corrected chi connectivity index (χ3v) is 8.13. The molecular formula is C35H68BNO5. The molecule has 0 saturated carbocycles. The van der Waals surface area contributed by atoms with Gasteiger partial charge in [0.25, 0.3) is 0 Å². The fourth-order valence-corrected chi connectivity index (χ4v) is 5.68. The van der Waals surface area contributed by atoms with Gasteiger partial charge in [0.05, 0.1) is 18.8 Å². The molecule has 4 unspecified atom stereocenters. The average molecular weight is 594 g/mol. The van der Waals surface area contributed by atoms with Crippen molar-refractivity contribution in [2.75, 3.05) is 19.8 Å². The molecule has 4 atom stereocenters. The van der Waals surface area contributed by atoms with Crippen molar-refractivity contribution in [1.82, 2.24) is 5.32 Å². The average Bonchev–Trinajstić information content (AvgIpc) is 3.24. The van der Waals surface area contributed by atoms with Gasteiger partial charge in [0, 0.05) is 12.5 Å². The van der Waals surface area contributed by atoms with Crippen molar-refractivity contribution in [3.05, 3.63) is 0 Å². The number of carbonyl (C=O) groups is 1. The minimum absolute atomic E-state index is 0.0199. The molecule has 1 amide bonds. The normalized spacial score (nSPS) is 20.6. The number of hydrogen-bond acceptors (Lipinski definition) is 5. The molecule has 42 heavy (non-hydrogen) atoms. The molecule has 1 N–H and O–H groups in total. The lowest BCUT2D eigenvalue weighted by Gasteiger charge is -2.26. The predicted octanol–water partition coefficient (Wildman–Crippen LogP) is 8.42. The van der Waals surface area contributed by atoms with E-state index in [-0.39, 0.29) is 30.8 Å². The van der Waals surface area contributed by atoms with Gasteiger partial charge in [0.2, 0.25) is 5.91 Å². The van der Waals surface area contributed by atoms with Crippen LogP contribution in [0.15, 0.2) is 0 Å². The van der Waals surface area contributed by atoms with E-state index in [0.29, 0.717) is 13.2 Å². The van der Waals surface area contributed by atoms with E-state index < -0.39 is 18.2 Å². The molecule has 0 aliphatic carbocycles. The van der Waals surface area contributed by atoms with Crippen LogP contribution in [0.2, 0.25) is 0 Å². The Kier molecular flexibility index (Phi) is 25.1. The Morgan fingerprint density at radius 1 is 0.690 bits per heavy atom. The van der Waals surface area contributed by atoms with Crippen LogP contribution in [-0.2, 0) is 23.7 Å². The molecule has 0 spiro atoms. The molecule has 0 aromatic rings. The van der Waals surface area contributed by atoms with Gasteiger partial charge >= 0.3 is 0 Å². The van der Waals surface area contributed by atoms with Gasteiger partial charge in [0.1, 0.15) is 32.8 Å². The summed E-state index contributed by atoms with van der Waals surface area (Å²) in [5.74, 6) is -0.111. The van der Waals surface area contributed by atoms with Gasteiger partial charge in [-0.1, -0.05) is 129 Å². The SMILES string of the molecule is [B]C1OC(COC(C)C)C(OCC(=O)NCCCCCCCCCCCCCCCCCCCCCC)C1OC(C)C. The lowest BCUT2D eigenvalue weighted by atomic mass is 9.92. The molecular weight excluding hydrogens is 525 g/mol. The number of carbonyl (C=O) groups excluding carboxylic acids is 1. The van der Waals surface area contributed by atoms with Gasteiger partial charge < -0.3 is 24.3 Å². The fraction of sp³-hybridized carbons (Fsp3) is 0.971. The van der Waals surface area contributed by atoms with Crippen LogP contribution in [0.5, 0.6) is 0 Å². The van der Waals surface area contributed by atoms with Gasteiger partial charge in [-0.3, -0.25) is 4.79 Å². The Bertz CT molecular complexity index is 620. The summed E-state index contributed by atoms with van der Waals surface area (Å²) in [4.78, 5) is 12.4. The van der Waals surface area contributed by atoms with Crippen LogP contribution in [0.4, 0.5) is 0 Å². The number of ether oxygens (including phenoxy) is 4. The zero-order chi connectivity index (χ0) is 30.8. The number of nitrogens with one attached hydrogen (secondary N) is 1. The van der Waals surface area contributed by atoms with Crippen LogP contribution >= 0.6 is 0 Å². The summed E-state index contributed by atoms with van der Waals surface area (Å²) in [6.45, 7) is 11.2. The lowest BCUT2D eigenvalue weighted by Crippen LogP contribution is -2.43. The Labute approximate surface area is 261 Å². The summed E-state index contributed by atoms with van der Waals surface area (Å²) in [7, 11) is 6.16. The van der Waals surface area contributed by atoms with Crippen molar-refractivity contribution in [3.8, 4) is 0 Å². The van der Waals surface area contributed by atoms with Crippen LogP contribution in [0.3, 0.4) is 0 Å². The summed E-state index contributed by atoms with van der Waals surface area (Å²) in [5.41, 5.74) is 0. The molecule has 1 heterocycles. The lowest BCUT2D eigenvalue weighted by molar-refractivity contribution is -0.135. The first-order chi connectivity index (χ1) is 20.3. The highest BCUT2D eigenvalue weighted by molar-refractivity contribution is 6.11. The predicted molar refractivity (Wildman–Crippen MR) is 176 cm³/mol. The number of amides is 1. The molecule has 246 valence electrons. The first-order valence-corrected chi connectivity index (χ1v) is 17.9. The van der Waals surface area contributed by atoms with Crippen LogP contribution in [0, 0.1) is 0 Å². The van der Waals surface area contributed by atoms with E-state index in [2.05, 4.69) is 12.2 Å². The maximum absolute atomic E-state index is 12.4. The first kappa shape index (κ1) is 39.4. The molecule has 1 aliphatic heterocycles. The first-order valence-electron chi connectivity index (χ1n) is 17.9. The van der Waals surface area contributed by atoms with E-state index in [1.807, 2.05) is 27.7 Å². The summed E-state index contributed by atoms with van der Waals surface area (Å²) in [5, 5.41) is 2.99. The molecule has 0 bridgehead atoms. The zero-order valence-corrected chi connectivity index (χ0v) is 28.3. The zero-order valence-electron chi connectivity index (χ0n) is 28.3. The third kappa shape index (κ3) is 21.1. The summed E-state index contributed by atoms with van der Waals surface area (Å²) in [6, 6.07) is -0.601. The molecule has 2 radical (unpaired) electrons. The Hall–Kier alpha value is -0.625. The quantitative estimate of drug-likeness (QED) is 0.0697. The van der Waals surface area contributed by atoms with Crippen LogP contribution in [0.25, 0.3) is 0 Å². The largest absolute Gasteiger partial charge is 0.377 e. The Balaban J connectivity index is 1.96. The van der Waals surface area contributed by atoms with Gasteiger partial charge in [-0.05, 0) is 34.1 Å². The molecule has 0 aromatic heterocycles. The topological polar surface area (TPSA) is 66.0 Å². The van der Waals surface area contributed by atoms with Crippen LogP contribution < -0.4 is 5.32 Å². The second-order valence-electron chi connectivity index (χ2n) is 13.0. The highest BCUT2D eigenvalue weighted by atomic mass is 16.6. The van der Waals surface area contributed by atoms with E-state index >= 15 is 0 Å². The molecule has 1 aliphatic rings. The Morgan fingerprint density at radius 3 is 1.57 bits per heavy atom. The summed E-state index contributed by atoms with van der Waals surface area (Å²) < 4.78 is 23.5. The van der Waals surface area contributed by atoms with Crippen molar-refractivity contribution in [2.45, 2.75) is 200 Å². The van der Waals surface area contributed by atoms with Crippen LogP contribution in [0.1, 0.15) is 163 Å². The van der Waals surface area contributed by atoms with Gasteiger partial charge in [-0.25, -0.2) is 0 Å². The van der Waals surface area contributed by atoms with Crippen molar-refractivity contribution in [3.63, 3.8) is 0 Å². The number of unbranched alkanes of at least 4 members (excludes halogenated alkanes) is 19. The summed E-state index contributed by atoms with van der Waals surface area (Å²) >= 11 is 0. The molecule has 1 fully saturated rings. The third-order valence-electron chi connectivity index (χ3n) is 8.13. The molecule has 1 rings (SSSR count). The molecule has 1 saturated heterocycles. The monoisotopic (exact) mass is 594 g/mol.